The number of nitrogens with one attached hydrogen (secondary N) is 1. The van der Waals surface area contributed by atoms with E-state index in [0.717, 1.165) is 0 Å². The maximum absolute atomic E-state index is 12.4. The molecule has 0 radical (unpaired) electrons. The Morgan fingerprint density at radius 2 is 1.88 bits per heavy atom. The number of carbonyl (C=O) groups excluding carboxylic acids is 1. The maximum Gasteiger partial charge on any atom is 0.415 e. The van der Waals surface area contributed by atoms with Crippen molar-refractivity contribution in [2.45, 2.75) is 18.6 Å². The largest absolute Gasteiger partial charge is 0.415 e. The average molecular weight is 233 g/mol. The molecule has 1 unspecified atom stereocenters. The van der Waals surface area contributed by atoms with E-state index in [9.17, 15) is 18.0 Å². The molecule has 3 N–H and O–H groups in total. The number of anilines is 1. The van der Waals surface area contributed by atoms with Crippen LogP contribution in [0, 0.1) is 0 Å². The molecule has 7 heteroatoms. The number of amides is 1. The molecule has 4 nitrogen and oxygen atoms in total. The van der Waals surface area contributed by atoms with E-state index in [1.807, 2.05) is 0 Å². The molecule has 88 valence electrons. The zero-order chi connectivity index (χ0) is 12.4. The number of nitrogens with two attached hydrogens (primary N) is 1. The lowest BCUT2D eigenvalue weighted by Crippen LogP contribution is -2.59. The van der Waals surface area contributed by atoms with E-state index in [0.29, 0.717) is 6.92 Å². The molecule has 0 bridgehead atoms. The SMILES string of the molecule is CC(N)(C(=O)Nc1ccncc1)C(F)(F)F. The first kappa shape index (κ1) is 12.4. The fraction of sp³-hybridized carbons (Fsp3) is 0.333. The van der Waals surface area contributed by atoms with Crippen LogP contribution in [0.2, 0.25) is 0 Å². The van der Waals surface area contributed by atoms with Gasteiger partial charge in [-0.25, -0.2) is 0 Å². The summed E-state index contributed by atoms with van der Waals surface area (Å²) in [6.45, 7) is 0.615. The summed E-state index contributed by atoms with van der Waals surface area (Å²) in [5.41, 5.74) is 2.22. The smallest absolute Gasteiger partial charge is 0.324 e. The van der Waals surface area contributed by atoms with E-state index in [4.69, 9.17) is 5.73 Å². The van der Waals surface area contributed by atoms with Gasteiger partial charge < -0.3 is 11.1 Å². The van der Waals surface area contributed by atoms with Crippen molar-refractivity contribution in [3.8, 4) is 0 Å². The second kappa shape index (κ2) is 4.09. The van der Waals surface area contributed by atoms with E-state index in [1.54, 1.807) is 0 Å². The van der Waals surface area contributed by atoms with Crippen molar-refractivity contribution >= 4 is 11.6 Å². The van der Waals surface area contributed by atoms with Crippen LogP contribution in [0.3, 0.4) is 0 Å². The van der Waals surface area contributed by atoms with Gasteiger partial charge >= 0.3 is 6.18 Å². The molecule has 1 rings (SSSR count). The fourth-order valence-electron chi connectivity index (χ4n) is 0.825. The highest BCUT2D eigenvalue weighted by molar-refractivity contribution is 5.98. The molecule has 0 aliphatic heterocycles. The molecule has 1 heterocycles. The van der Waals surface area contributed by atoms with Crippen LogP contribution >= 0.6 is 0 Å². The quantitative estimate of drug-likeness (QED) is 0.809. The van der Waals surface area contributed by atoms with Crippen LogP contribution in [0.1, 0.15) is 6.92 Å². The number of alkyl halides is 3. The Kier molecular flexibility index (Phi) is 3.18. The molecule has 0 saturated carbocycles. The Bertz CT molecular complexity index is 375. The first-order chi connectivity index (χ1) is 7.25. The van der Waals surface area contributed by atoms with Gasteiger partial charge in [-0.3, -0.25) is 9.78 Å². The fourth-order valence-corrected chi connectivity index (χ4v) is 0.825. The second-order valence-corrected chi connectivity index (χ2v) is 3.39. The number of hydrogen-bond donors (Lipinski definition) is 2. The number of carbonyl (C=O) groups is 1. The van der Waals surface area contributed by atoms with Crippen molar-refractivity contribution in [2.75, 3.05) is 5.32 Å². The van der Waals surface area contributed by atoms with Gasteiger partial charge in [0.05, 0.1) is 0 Å². The molecule has 0 saturated heterocycles. The lowest BCUT2D eigenvalue weighted by Gasteiger charge is -2.26. The van der Waals surface area contributed by atoms with Crippen LogP contribution in [0.5, 0.6) is 0 Å². The first-order valence-electron chi connectivity index (χ1n) is 4.32. The van der Waals surface area contributed by atoms with Gasteiger partial charge in [0, 0.05) is 18.1 Å². The standard InChI is InChI=1S/C9H10F3N3O/c1-8(13,9(10,11)12)7(16)15-6-2-4-14-5-3-6/h2-5H,13H2,1H3,(H,14,15,16). The van der Waals surface area contributed by atoms with Crippen molar-refractivity contribution in [2.24, 2.45) is 5.73 Å². The summed E-state index contributed by atoms with van der Waals surface area (Å²) < 4.78 is 37.2. The zero-order valence-corrected chi connectivity index (χ0v) is 8.38. The summed E-state index contributed by atoms with van der Waals surface area (Å²) in [6, 6.07) is 2.73. The van der Waals surface area contributed by atoms with Gasteiger partial charge in [-0.15, -0.1) is 0 Å². The minimum Gasteiger partial charge on any atom is -0.324 e. The van der Waals surface area contributed by atoms with Crippen LogP contribution in [-0.2, 0) is 4.79 Å². The zero-order valence-electron chi connectivity index (χ0n) is 8.38. The monoisotopic (exact) mass is 233 g/mol. The molecule has 1 atom stereocenters. The van der Waals surface area contributed by atoms with Crippen molar-refractivity contribution in [3.63, 3.8) is 0 Å². The topological polar surface area (TPSA) is 68.0 Å². The predicted octanol–water partition coefficient (Wildman–Crippen LogP) is 1.30. The summed E-state index contributed by atoms with van der Waals surface area (Å²) in [5.74, 6) is -1.31. The van der Waals surface area contributed by atoms with Gasteiger partial charge in [0.2, 0.25) is 0 Å². The van der Waals surface area contributed by atoms with E-state index < -0.39 is 17.6 Å². The van der Waals surface area contributed by atoms with Gasteiger partial charge in [-0.2, -0.15) is 13.2 Å². The van der Waals surface area contributed by atoms with Crippen molar-refractivity contribution < 1.29 is 18.0 Å². The molecule has 1 amide bonds. The van der Waals surface area contributed by atoms with E-state index in [-0.39, 0.29) is 5.69 Å². The number of hydrogen-bond acceptors (Lipinski definition) is 3. The predicted molar refractivity (Wildman–Crippen MR) is 51.5 cm³/mol. The molecular weight excluding hydrogens is 223 g/mol. The molecule has 1 aromatic heterocycles. The van der Waals surface area contributed by atoms with E-state index in [1.165, 1.54) is 24.5 Å². The highest BCUT2D eigenvalue weighted by Gasteiger charge is 2.53. The minimum atomic E-state index is -4.80. The number of nitrogens with zero attached hydrogens (tertiary/aromatic N) is 1. The normalized spacial score (nSPS) is 15.3. The summed E-state index contributed by atoms with van der Waals surface area (Å²) >= 11 is 0. The lowest BCUT2D eigenvalue weighted by molar-refractivity contribution is -0.184. The molecular formula is C9H10F3N3O. The number of pyridine rings is 1. The molecule has 0 aromatic carbocycles. The van der Waals surface area contributed by atoms with Crippen molar-refractivity contribution in [1.82, 2.24) is 4.98 Å². The van der Waals surface area contributed by atoms with Crippen LogP contribution in [0.25, 0.3) is 0 Å². The highest BCUT2D eigenvalue weighted by Crippen LogP contribution is 2.28. The molecule has 16 heavy (non-hydrogen) atoms. The Balaban J connectivity index is 2.81. The molecule has 0 aliphatic carbocycles. The number of rotatable bonds is 2. The molecule has 0 spiro atoms. The Morgan fingerprint density at radius 1 is 1.38 bits per heavy atom. The molecule has 0 fully saturated rings. The van der Waals surface area contributed by atoms with Gasteiger partial charge in [-0.05, 0) is 19.1 Å². The Morgan fingerprint density at radius 3 is 2.31 bits per heavy atom. The summed E-state index contributed by atoms with van der Waals surface area (Å²) in [7, 11) is 0. The first-order valence-corrected chi connectivity index (χ1v) is 4.32. The van der Waals surface area contributed by atoms with E-state index >= 15 is 0 Å². The lowest BCUT2D eigenvalue weighted by atomic mass is 10.0. The molecule has 0 aliphatic rings. The summed E-state index contributed by atoms with van der Waals surface area (Å²) in [5, 5.41) is 2.06. The Hall–Kier alpha value is -1.63. The Labute approximate surface area is 89.7 Å². The van der Waals surface area contributed by atoms with Gasteiger partial charge in [0.15, 0.2) is 5.54 Å². The van der Waals surface area contributed by atoms with Crippen molar-refractivity contribution in [1.29, 1.82) is 0 Å². The van der Waals surface area contributed by atoms with Crippen LogP contribution < -0.4 is 11.1 Å². The second-order valence-electron chi connectivity index (χ2n) is 3.39. The minimum absolute atomic E-state index is 0.209. The maximum atomic E-state index is 12.4. The highest BCUT2D eigenvalue weighted by atomic mass is 19.4. The third kappa shape index (κ3) is 2.48. The third-order valence-corrected chi connectivity index (χ3v) is 2.00. The summed E-state index contributed by atoms with van der Waals surface area (Å²) in [6.07, 6.45) is -2.11. The van der Waals surface area contributed by atoms with Crippen molar-refractivity contribution in [3.05, 3.63) is 24.5 Å². The average Bonchev–Trinajstić information content (AvgIpc) is 2.17. The van der Waals surface area contributed by atoms with E-state index in [2.05, 4.69) is 10.3 Å². The van der Waals surface area contributed by atoms with Gasteiger partial charge in [-0.1, -0.05) is 0 Å². The van der Waals surface area contributed by atoms with Crippen LogP contribution in [0.4, 0.5) is 18.9 Å². The number of halogens is 3. The van der Waals surface area contributed by atoms with Gasteiger partial charge in [0.1, 0.15) is 0 Å². The summed E-state index contributed by atoms with van der Waals surface area (Å²) in [4.78, 5) is 15.0. The van der Waals surface area contributed by atoms with Crippen LogP contribution in [-0.4, -0.2) is 22.6 Å². The van der Waals surface area contributed by atoms with Gasteiger partial charge in [0.25, 0.3) is 5.91 Å². The number of aromatic nitrogens is 1. The van der Waals surface area contributed by atoms with Crippen LogP contribution in [0.15, 0.2) is 24.5 Å². The third-order valence-electron chi connectivity index (χ3n) is 2.00. The molecule has 1 aromatic rings.